The SMILES string of the molecule is O=c1ccc2cc(S(=O)(=O)Oc3ccc(C4CCCCC4)cc3)ccc2o1. The van der Waals surface area contributed by atoms with E-state index in [0.29, 0.717) is 16.9 Å². The molecule has 2 aromatic carbocycles. The van der Waals surface area contributed by atoms with Gasteiger partial charge in [0.25, 0.3) is 0 Å². The van der Waals surface area contributed by atoms with Gasteiger partial charge in [0, 0.05) is 11.5 Å². The average Bonchev–Trinajstić information content (AvgIpc) is 2.68. The van der Waals surface area contributed by atoms with Crippen molar-refractivity contribution in [3.05, 3.63) is 70.6 Å². The summed E-state index contributed by atoms with van der Waals surface area (Å²) in [7, 11) is -3.97. The molecule has 0 N–H and O–H groups in total. The lowest BCUT2D eigenvalue weighted by Crippen LogP contribution is -2.10. The standard InChI is InChI=1S/C21H20O5S/c22-21-13-8-17-14-19(11-12-20(17)25-21)27(23,24)26-18-9-6-16(7-10-18)15-4-2-1-3-5-15/h6-15H,1-5H2. The molecule has 1 aliphatic rings. The average molecular weight is 384 g/mol. The van der Waals surface area contributed by atoms with Crippen molar-refractivity contribution >= 4 is 21.1 Å². The smallest absolute Gasteiger partial charge is 0.339 e. The summed E-state index contributed by atoms with van der Waals surface area (Å²) in [5.74, 6) is 0.841. The van der Waals surface area contributed by atoms with Gasteiger partial charge in [-0.3, -0.25) is 0 Å². The van der Waals surface area contributed by atoms with Crippen LogP contribution in [0.15, 0.2) is 68.7 Å². The van der Waals surface area contributed by atoms with E-state index in [1.807, 2.05) is 12.1 Å². The van der Waals surface area contributed by atoms with Crippen molar-refractivity contribution in [1.82, 2.24) is 0 Å². The zero-order chi connectivity index (χ0) is 18.9. The Kier molecular flexibility index (Phi) is 4.74. The fourth-order valence-corrected chi connectivity index (χ4v) is 4.58. The van der Waals surface area contributed by atoms with Crippen molar-refractivity contribution in [2.75, 3.05) is 0 Å². The molecule has 0 atom stereocenters. The van der Waals surface area contributed by atoms with Gasteiger partial charge < -0.3 is 8.60 Å². The molecule has 1 aliphatic carbocycles. The molecular formula is C21H20O5S. The predicted octanol–water partition coefficient (Wildman–Crippen LogP) is 4.61. The summed E-state index contributed by atoms with van der Waals surface area (Å²) in [5, 5.41) is 0.520. The maximum Gasteiger partial charge on any atom is 0.339 e. The lowest BCUT2D eigenvalue weighted by molar-refractivity contribution is 0.443. The molecule has 140 valence electrons. The van der Waals surface area contributed by atoms with Gasteiger partial charge in [-0.25, -0.2) is 4.79 Å². The molecule has 1 heterocycles. The van der Waals surface area contributed by atoms with Crippen LogP contribution < -0.4 is 9.81 Å². The molecule has 3 aromatic rings. The highest BCUT2D eigenvalue weighted by atomic mass is 32.2. The Morgan fingerprint density at radius 1 is 0.889 bits per heavy atom. The van der Waals surface area contributed by atoms with E-state index in [4.69, 9.17) is 8.60 Å². The van der Waals surface area contributed by atoms with E-state index in [0.717, 1.165) is 0 Å². The van der Waals surface area contributed by atoms with Crippen molar-refractivity contribution in [2.24, 2.45) is 0 Å². The highest BCUT2D eigenvalue weighted by molar-refractivity contribution is 7.87. The van der Waals surface area contributed by atoms with E-state index in [-0.39, 0.29) is 10.6 Å². The number of benzene rings is 2. The third-order valence-corrected chi connectivity index (χ3v) is 6.29. The number of hydrogen-bond donors (Lipinski definition) is 0. The Labute approximate surface area is 157 Å². The molecule has 0 unspecified atom stereocenters. The van der Waals surface area contributed by atoms with Crippen molar-refractivity contribution in [1.29, 1.82) is 0 Å². The number of rotatable bonds is 4. The topological polar surface area (TPSA) is 73.6 Å². The van der Waals surface area contributed by atoms with Crippen LogP contribution in [-0.2, 0) is 10.1 Å². The fourth-order valence-electron chi connectivity index (χ4n) is 3.61. The molecule has 1 saturated carbocycles. The molecule has 0 radical (unpaired) electrons. The van der Waals surface area contributed by atoms with Gasteiger partial charge in [-0.2, -0.15) is 8.42 Å². The minimum Gasteiger partial charge on any atom is -0.423 e. The summed E-state index contributed by atoms with van der Waals surface area (Å²) in [6, 6.07) is 14.4. The summed E-state index contributed by atoms with van der Waals surface area (Å²) in [5.41, 5.74) is 1.09. The van der Waals surface area contributed by atoms with Gasteiger partial charge in [0.2, 0.25) is 0 Å². The Morgan fingerprint density at radius 3 is 2.37 bits per heavy atom. The van der Waals surface area contributed by atoms with E-state index in [9.17, 15) is 13.2 Å². The lowest BCUT2D eigenvalue weighted by Gasteiger charge is -2.22. The fraction of sp³-hybridized carbons (Fsp3) is 0.286. The van der Waals surface area contributed by atoms with E-state index < -0.39 is 15.7 Å². The lowest BCUT2D eigenvalue weighted by atomic mass is 9.84. The molecule has 6 heteroatoms. The highest BCUT2D eigenvalue weighted by Gasteiger charge is 2.19. The molecule has 0 bridgehead atoms. The van der Waals surface area contributed by atoms with Gasteiger partial charge in [-0.15, -0.1) is 0 Å². The van der Waals surface area contributed by atoms with Crippen molar-refractivity contribution < 1.29 is 17.0 Å². The third kappa shape index (κ3) is 3.90. The molecule has 5 nitrogen and oxygen atoms in total. The van der Waals surface area contributed by atoms with Gasteiger partial charge in [0.1, 0.15) is 16.2 Å². The molecule has 0 amide bonds. The van der Waals surface area contributed by atoms with Crippen LogP contribution in [0.5, 0.6) is 5.75 Å². The monoisotopic (exact) mass is 384 g/mol. The molecule has 1 fully saturated rings. The zero-order valence-electron chi connectivity index (χ0n) is 14.8. The first-order chi connectivity index (χ1) is 13.0. The van der Waals surface area contributed by atoms with Crippen LogP contribution in [0.1, 0.15) is 43.6 Å². The molecule has 0 spiro atoms. The maximum absolute atomic E-state index is 12.6. The second-order valence-electron chi connectivity index (χ2n) is 6.90. The van der Waals surface area contributed by atoms with E-state index in [1.165, 1.54) is 68.0 Å². The number of fused-ring (bicyclic) bond motifs is 1. The van der Waals surface area contributed by atoms with E-state index >= 15 is 0 Å². The summed E-state index contributed by atoms with van der Waals surface area (Å²) >= 11 is 0. The van der Waals surface area contributed by atoms with Crippen LogP contribution in [-0.4, -0.2) is 8.42 Å². The van der Waals surface area contributed by atoms with Crippen molar-refractivity contribution in [3.63, 3.8) is 0 Å². The van der Waals surface area contributed by atoms with Crippen LogP contribution in [0.2, 0.25) is 0 Å². The van der Waals surface area contributed by atoms with Gasteiger partial charge in [0.15, 0.2) is 0 Å². The third-order valence-electron chi connectivity index (χ3n) is 5.04. The van der Waals surface area contributed by atoms with Crippen molar-refractivity contribution in [3.8, 4) is 5.75 Å². The van der Waals surface area contributed by atoms with Gasteiger partial charge in [0.05, 0.1) is 0 Å². The Bertz CT molecular complexity index is 1110. The number of hydrogen-bond acceptors (Lipinski definition) is 5. The van der Waals surface area contributed by atoms with Gasteiger partial charge in [-0.1, -0.05) is 31.4 Å². The maximum atomic E-state index is 12.6. The Hall–Kier alpha value is -2.60. The first kappa shape index (κ1) is 17.8. The normalized spacial score (nSPS) is 15.7. The van der Waals surface area contributed by atoms with E-state index in [1.54, 1.807) is 12.1 Å². The molecule has 0 saturated heterocycles. The quantitative estimate of drug-likeness (QED) is 0.485. The summed E-state index contributed by atoms with van der Waals surface area (Å²) < 4.78 is 35.5. The van der Waals surface area contributed by atoms with Gasteiger partial charge >= 0.3 is 15.7 Å². The summed E-state index contributed by atoms with van der Waals surface area (Å²) in [4.78, 5) is 11.3. The minimum atomic E-state index is -3.97. The molecule has 1 aromatic heterocycles. The van der Waals surface area contributed by atoms with Crippen LogP contribution in [0.4, 0.5) is 0 Å². The van der Waals surface area contributed by atoms with Crippen LogP contribution in [0.25, 0.3) is 11.0 Å². The predicted molar refractivity (Wildman–Crippen MR) is 103 cm³/mol. The molecule has 27 heavy (non-hydrogen) atoms. The molecular weight excluding hydrogens is 364 g/mol. The largest absolute Gasteiger partial charge is 0.423 e. The highest BCUT2D eigenvalue weighted by Crippen LogP contribution is 2.33. The first-order valence-electron chi connectivity index (χ1n) is 9.10. The van der Waals surface area contributed by atoms with Gasteiger partial charge in [-0.05, 0) is 60.7 Å². The Balaban J connectivity index is 1.55. The second kappa shape index (κ2) is 7.19. The second-order valence-corrected chi connectivity index (χ2v) is 8.44. The zero-order valence-corrected chi connectivity index (χ0v) is 15.6. The molecule has 0 aliphatic heterocycles. The van der Waals surface area contributed by atoms with Crippen LogP contribution >= 0.6 is 0 Å². The van der Waals surface area contributed by atoms with Crippen LogP contribution in [0.3, 0.4) is 0 Å². The van der Waals surface area contributed by atoms with E-state index in [2.05, 4.69) is 0 Å². The summed E-state index contributed by atoms with van der Waals surface area (Å²) in [6.45, 7) is 0. The summed E-state index contributed by atoms with van der Waals surface area (Å²) in [6.07, 6.45) is 6.17. The van der Waals surface area contributed by atoms with Crippen LogP contribution in [0, 0.1) is 0 Å². The molecule has 4 rings (SSSR count). The Morgan fingerprint density at radius 2 is 1.63 bits per heavy atom. The minimum absolute atomic E-state index is 0.0141. The van der Waals surface area contributed by atoms with Crippen molar-refractivity contribution in [2.45, 2.75) is 42.9 Å². The first-order valence-corrected chi connectivity index (χ1v) is 10.5.